The molecule has 0 aromatic heterocycles. The lowest BCUT2D eigenvalue weighted by molar-refractivity contribution is -0.0404. The van der Waals surface area contributed by atoms with Crippen molar-refractivity contribution in [2.75, 3.05) is 6.54 Å². The minimum atomic E-state index is -0.798. The number of carbonyl (C=O) groups excluding carboxylic acids is 1. The average Bonchev–Trinajstić information content (AvgIpc) is 3.37. The van der Waals surface area contributed by atoms with E-state index in [4.69, 9.17) is 10.5 Å². The molecule has 2 atom stereocenters. The maximum atomic E-state index is 10.8. The fourth-order valence-corrected chi connectivity index (χ4v) is 3.14. The molecule has 2 aromatic rings. The van der Waals surface area contributed by atoms with Crippen LogP contribution in [0.5, 0.6) is 11.5 Å². The molecule has 2 amide bonds. The molecule has 0 radical (unpaired) electrons. The van der Waals surface area contributed by atoms with Crippen molar-refractivity contribution in [1.82, 2.24) is 5.06 Å². The van der Waals surface area contributed by atoms with Crippen LogP contribution < -0.4 is 10.5 Å². The standard InChI is InChI=1S/C20H24N2O3/c1-14-7-9-17(10-8-14)25-18-6-2-4-15(12-18)19-13-16(19)5-3-11-22(24)20(21)23/h2,4,6-10,12,16,19,24H,3,5,11,13H2,1H3,(H2,21,23). The van der Waals surface area contributed by atoms with Gasteiger partial charge in [-0.25, -0.2) is 9.86 Å². The highest BCUT2D eigenvalue weighted by atomic mass is 16.5. The number of nitrogens with zero attached hydrogens (tertiary/aromatic N) is 1. The molecular formula is C20H24N2O3. The maximum Gasteiger partial charge on any atom is 0.338 e. The van der Waals surface area contributed by atoms with E-state index >= 15 is 0 Å². The second-order valence-electron chi connectivity index (χ2n) is 6.69. The third-order valence-electron chi connectivity index (χ3n) is 4.66. The van der Waals surface area contributed by atoms with Gasteiger partial charge in [-0.15, -0.1) is 0 Å². The summed E-state index contributed by atoms with van der Waals surface area (Å²) in [5.41, 5.74) is 7.49. The van der Waals surface area contributed by atoms with E-state index in [1.54, 1.807) is 0 Å². The zero-order valence-corrected chi connectivity index (χ0v) is 14.4. The van der Waals surface area contributed by atoms with Crippen LogP contribution in [0, 0.1) is 12.8 Å². The second kappa shape index (κ2) is 7.57. The molecule has 0 aliphatic heterocycles. The molecular weight excluding hydrogens is 316 g/mol. The highest BCUT2D eigenvalue weighted by molar-refractivity contribution is 5.70. The van der Waals surface area contributed by atoms with Gasteiger partial charge in [0.1, 0.15) is 11.5 Å². The summed E-state index contributed by atoms with van der Waals surface area (Å²) in [6.45, 7) is 2.34. The number of hydroxylamine groups is 2. The first-order valence-corrected chi connectivity index (χ1v) is 8.63. The number of nitrogens with two attached hydrogens (primary N) is 1. The predicted molar refractivity (Wildman–Crippen MR) is 95.9 cm³/mol. The number of amides is 2. The van der Waals surface area contributed by atoms with Crippen LogP contribution in [0.3, 0.4) is 0 Å². The first-order chi connectivity index (χ1) is 12.0. The van der Waals surface area contributed by atoms with Crippen LogP contribution in [-0.2, 0) is 0 Å². The normalized spacial score (nSPS) is 18.6. The Morgan fingerprint density at radius 3 is 2.72 bits per heavy atom. The molecule has 1 saturated carbocycles. The Balaban J connectivity index is 1.52. The van der Waals surface area contributed by atoms with Crippen LogP contribution in [0.2, 0.25) is 0 Å². The molecule has 5 nitrogen and oxygen atoms in total. The SMILES string of the molecule is Cc1ccc(Oc2cccc(C3CC3CCCN(O)C(N)=O)c2)cc1. The number of ether oxygens (including phenoxy) is 1. The van der Waals surface area contributed by atoms with E-state index in [0.29, 0.717) is 16.9 Å². The summed E-state index contributed by atoms with van der Waals surface area (Å²) >= 11 is 0. The largest absolute Gasteiger partial charge is 0.457 e. The van der Waals surface area contributed by atoms with Crippen LogP contribution in [0.1, 0.15) is 36.3 Å². The lowest BCUT2D eigenvalue weighted by atomic mass is 10.1. The van der Waals surface area contributed by atoms with Gasteiger partial charge in [0, 0.05) is 0 Å². The average molecular weight is 340 g/mol. The third kappa shape index (κ3) is 4.73. The topological polar surface area (TPSA) is 75.8 Å². The Morgan fingerprint density at radius 2 is 2.00 bits per heavy atom. The van der Waals surface area contributed by atoms with Crippen molar-refractivity contribution in [2.24, 2.45) is 11.7 Å². The fraction of sp³-hybridized carbons (Fsp3) is 0.350. The molecule has 2 aromatic carbocycles. The van der Waals surface area contributed by atoms with Crippen LogP contribution in [0.25, 0.3) is 0 Å². The number of benzene rings is 2. The Bertz CT molecular complexity index is 730. The Morgan fingerprint density at radius 1 is 1.24 bits per heavy atom. The van der Waals surface area contributed by atoms with E-state index < -0.39 is 6.03 Å². The van der Waals surface area contributed by atoms with Crippen molar-refractivity contribution in [2.45, 2.75) is 32.1 Å². The smallest absolute Gasteiger partial charge is 0.338 e. The zero-order valence-electron chi connectivity index (χ0n) is 14.4. The van der Waals surface area contributed by atoms with Crippen molar-refractivity contribution >= 4 is 6.03 Å². The number of hydrogen-bond donors (Lipinski definition) is 2. The molecule has 0 heterocycles. The molecule has 0 bridgehead atoms. The van der Waals surface area contributed by atoms with Gasteiger partial charge in [-0.2, -0.15) is 0 Å². The maximum absolute atomic E-state index is 10.8. The monoisotopic (exact) mass is 340 g/mol. The van der Waals surface area contributed by atoms with E-state index in [2.05, 4.69) is 19.1 Å². The number of aryl methyl sites for hydroxylation is 1. The molecule has 132 valence electrons. The van der Waals surface area contributed by atoms with Gasteiger partial charge < -0.3 is 10.5 Å². The van der Waals surface area contributed by atoms with E-state index in [9.17, 15) is 10.0 Å². The summed E-state index contributed by atoms with van der Waals surface area (Å²) in [5, 5.41) is 9.86. The summed E-state index contributed by atoms with van der Waals surface area (Å²) in [4.78, 5) is 10.8. The van der Waals surface area contributed by atoms with Gasteiger partial charge in [0.25, 0.3) is 0 Å². The Kier molecular flexibility index (Phi) is 5.24. The minimum absolute atomic E-state index is 0.287. The summed E-state index contributed by atoms with van der Waals surface area (Å²) in [5.74, 6) is 2.81. The number of rotatable bonds is 7. The highest BCUT2D eigenvalue weighted by Crippen LogP contribution is 2.50. The van der Waals surface area contributed by atoms with Crippen molar-refractivity contribution in [3.8, 4) is 11.5 Å². The van der Waals surface area contributed by atoms with Gasteiger partial charge in [0.2, 0.25) is 0 Å². The highest BCUT2D eigenvalue weighted by Gasteiger charge is 2.37. The lowest BCUT2D eigenvalue weighted by Crippen LogP contribution is -2.33. The van der Waals surface area contributed by atoms with E-state index in [-0.39, 0.29) is 6.54 Å². The van der Waals surface area contributed by atoms with Crippen molar-refractivity contribution in [3.05, 3.63) is 59.7 Å². The van der Waals surface area contributed by atoms with Crippen LogP contribution in [0.4, 0.5) is 4.79 Å². The number of hydrogen-bond acceptors (Lipinski definition) is 3. The second-order valence-corrected chi connectivity index (χ2v) is 6.69. The van der Waals surface area contributed by atoms with Gasteiger partial charge in [-0.1, -0.05) is 29.8 Å². The van der Waals surface area contributed by atoms with E-state index in [0.717, 1.165) is 30.8 Å². The third-order valence-corrected chi connectivity index (χ3v) is 4.66. The molecule has 0 spiro atoms. The summed E-state index contributed by atoms with van der Waals surface area (Å²) < 4.78 is 5.94. The number of carbonyl (C=O) groups is 1. The number of urea groups is 1. The predicted octanol–water partition coefficient (Wildman–Crippen LogP) is 4.44. The quantitative estimate of drug-likeness (QED) is 0.578. The van der Waals surface area contributed by atoms with Crippen LogP contribution in [0.15, 0.2) is 48.5 Å². The first kappa shape index (κ1) is 17.3. The van der Waals surface area contributed by atoms with E-state index in [1.165, 1.54) is 11.1 Å². The Labute approximate surface area is 148 Å². The summed E-state index contributed by atoms with van der Waals surface area (Å²) in [6.07, 6.45) is 2.86. The van der Waals surface area contributed by atoms with Gasteiger partial charge in [-0.3, -0.25) is 5.21 Å². The zero-order chi connectivity index (χ0) is 17.8. The molecule has 1 fully saturated rings. The fourth-order valence-electron chi connectivity index (χ4n) is 3.14. The summed E-state index contributed by atoms with van der Waals surface area (Å²) in [7, 11) is 0. The molecule has 3 N–H and O–H groups in total. The molecule has 5 heteroatoms. The van der Waals surface area contributed by atoms with Crippen molar-refractivity contribution in [1.29, 1.82) is 0 Å². The molecule has 2 unspecified atom stereocenters. The van der Waals surface area contributed by atoms with Crippen LogP contribution >= 0.6 is 0 Å². The molecule has 0 saturated heterocycles. The molecule has 1 aliphatic rings. The van der Waals surface area contributed by atoms with Gasteiger partial charge >= 0.3 is 6.03 Å². The number of primary amides is 1. The van der Waals surface area contributed by atoms with Crippen molar-refractivity contribution in [3.63, 3.8) is 0 Å². The molecule has 3 rings (SSSR count). The van der Waals surface area contributed by atoms with Gasteiger partial charge in [0.15, 0.2) is 0 Å². The molecule has 25 heavy (non-hydrogen) atoms. The Hall–Kier alpha value is -2.53. The van der Waals surface area contributed by atoms with Gasteiger partial charge in [-0.05, 0) is 67.9 Å². The minimum Gasteiger partial charge on any atom is -0.457 e. The molecule has 1 aliphatic carbocycles. The van der Waals surface area contributed by atoms with Crippen molar-refractivity contribution < 1.29 is 14.7 Å². The van der Waals surface area contributed by atoms with E-state index in [1.807, 2.05) is 36.4 Å². The first-order valence-electron chi connectivity index (χ1n) is 8.63. The summed E-state index contributed by atoms with van der Waals surface area (Å²) in [6, 6.07) is 15.4. The van der Waals surface area contributed by atoms with Crippen LogP contribution in [-0.4, -0.2) is 22.8 Å². The lowest BCUT2D eigenvalue weighted by Gasteiger charge is -2.11. The van der Waals surface area contributed by atoms with Gasteiger partial charge in [0.05, 0.1) is 6.54 Å².